The highest BCUT2D eigenvalue weighted by molar-refractivity contribution is 7.15. The van der Waals surface area contributed by atoms with Crippen LogP contribution in [0.1, 0.15) is 46.9 Å². The standard InChI is InChI=1S/C19H22N4O3S2/c1-10(2)7-16-21-11(3)17(28-16)18(25)23-19-22-14(9-27-19)15-6-5-13(26-15)8-20-12(4)24/h5-6,9-10H,7-8H2,1-4H3,(H,20,24)(H,22,23,25). The lowest BCUT2D eigenvalue weighted by Crippen LogP contribution is -2.18. The van der Waals surface area contributed by atoms with Crippen LogP contribution in [-0.2, 0) is 17.8 Å². The Hall–Kier alpha value is -2.52. The zero-order chi connectivity index (χ0) is 20.3. The number of amides is 2. The van der Waals surface area contributed by atoms with Gasteiger partial charge < -0.3 is 9.73 Å². The number of carbonyl (C=O) groups is 2. The van der Waals surface area contributed by atoms with Crippen LogP contribution in [0.15, 0.2) is 21.9 Å². The van der Waals surface area contributed by atoms with Crippen molar-refractivity contribution in [2.75, 3.05) is 5.32 Å². The van der Waals surface area contributed by atoms with Crippen molar-refractivity contribution in [2.45, 2.75) is 40.7 Å². The van der Waals surface area contributed by atoms with Crippen LogP contribution in [0.5, 0.6) is 0 Å². The van der Waals surface area contributed by atoms with E-state index in [9.17, 15) is 9.59 Å². The number of carbonyl (C=O) groups excluding carboxylic acids is 2. The molecule has 0 aliphatic carbocycles. The fourth-order valence-electron chi connectivity index (χ4n) is 2.52. The van der Waals surface area contributed by atoms with Crippen LogP contribution in [0, 0.1) is 12.8 Å². The Morgan fingerprint density at radius 3 is 2.75 bits per heavy atom. The monoisotopic (exact) mass is 418 g/mol. The van der Waals surface area contributed by atoms with E-state index in [2.05, 4.69) is 34.4 Å². The maximum Gasteiger partial charge on any atom is 0.269 e. The quantitative estimate of drug-likeness (QED) is 0.598. The van der Waals surface area contributed by atoms with Crippen LogP contribution in [0.2, 0.25) is 0 Å². The van der Waals surface area contributed by atoms with Crippen LogP contribution in [-0.4, -0.2) is 21.8 Å². The molecule has 2 amide bonds. The molecule has 0 aliphatic heterocycles. The van der Waals surface area contributed by atoms with Gasteiger partial charge in [0.25, 0.3) is 5.91 Å². The van der Waals surface area contributed by atoms with Crippen molar-refractivity contribution in [1.29, 1.82) is 0 Å². The molecule has 3 rings (SSSR count). The number of nitrogens with one attached hydrogen (secondary N) is 2. The largest absolute Gasteiger partial charge is 0.458 e. The van der Waals surface area contributed by atoms with E-state index in [1.165, 1.54) is 29.6 Å². The second kappa shape index (κ2) is 8.66. The summed E-state index contributed by atoms with van der Waals surface area (Å²) in [6.45, 7) is 7.89. The molecule has 3 aromatic heterocycles. The third-order valence-corrected chi connectivity index (χ3v) is 5.72. The molecule has 28 heavy (non-hydrogen) atoms. The summed E-state index contributed by atoms with van der Waals surface area (Å²) < 4.78 is 5.69. The van der Waals surface area contributed by atoms with Gasteiger partial charge in [0.05, 0.1) is 17.2 Å². The van der Waals surface area contributed by atoms with Gasteiger partial charge in [0, 0.05) is 18.7 Å². The Bertz CT molecular complexity index is 987. The molecular weight excluding hydrogens is 396 g/mol. The third-order valence-electron chi connectivity index (χ3n) is 3.78. The first-order valence-corrected chi connectivity index (χ1v) is 10.6. The van der Waals surface area contributed by atoms with Crippen molar-refractivity contribution in [1.82, 2.24) is 15.3 Å². The summed E-state index contributed by atoms with van der Waals surface area (Å²) in [5, 5.41) is 8.82. The first kappa shape index (κ1) is 20.2. The summed E-state index contributed by atoms with van der Waals surface area (Å²) >= 11 is 2.76. The van der Waals surface area contributed by atoms with Crippen molar-refractivity contribution in [3.63, 3.8) is 0 Å². The molecule has 0 fully saturated rings. The Morgan fingerprint density at radius 1 is 1.25 bits per heavy atom. The Morgan fingerprint density at radius 2 is 2.04 bits per heavy atom. The number of hydrogen-bond acceptors (Lipinski definition) is 7. The van der Waals surface area contributed by atoms with Gasteiger partial charge in [-0.15, -0.1) is 22.7 Å². The maximum absolute atomic E-state index is 12.6. The summed E-state index contributed by atoms with van der Waals surface area (Å²) in [6.07, 6.45) is 0.861. The third kappa shape index (κ3) is 5.05. The smallest absolute Gasteiger partial charge is 0.269 e. The van der Waals surface area contributed by atoms with Crippen molar-refractivity contribution in [3.05, 3.63) is 38.9 Å². The van der Waals surface area contributed by atoms with Crippen LogP contribution >= 0.6 is 22.7 Å². The normalized spacial score (nSPS) is 11.0. The summed E-state index contributed by atoms with van der Waals surface area (Å²) in [7, 11) is 0. The zero-order valence-electron chi connectivity index (χ0n) is 16.2. The van der Waals surface area contributed by atoms with Crippen LogP contribution in [0.4, 0.5) is 5.13 Å². The Labute approximate surface area is 171 Å². The molecule has 0 bridgehead atoms. The number of aromatic nitrogens is 2. The van der Waals surface area contributed by atoms with Gasteiger partial charge in [0.1, 0.15) is 16.3 Å². The molecule has 9 heteroatoms. The van der Waals surface area contributed by atoms with E-state index in [-0.39, 0.29) is 11.8 Å². The minimum Gasteiger partial charge on any atom is -0.458 e. The summed E-state index contributed by atoms with van der Waals surface area (Å²) in [5.74, 6) is 1.40. The van der Waals surface area contributed by atoms with Gasteiger partial charge in [0.2, 0.25) is 5.91 Å². The van der Waals surface area contributed by atoms with E-state index in [1.807, 2.05) is 12.3 Å². The highest BCUT2D eigenvalue weighted by atomic mass is 32.1. The van der Waals surface area contributed by atoms with E-state index in [0.29, 0.717) is 39.7 Å². The number of furan rings is 1. The Balaban J connectivity index is 1.67. The molecule has 0 atom stereocenters. The van der Waals surface area contributed by atoms with E-state index in [0.717, 1.165) is 17.1 Å². The molecule has 0 saturated carbocycles. The SMILES string of the molecule is CC(=O)NCc1ccc(-c2csc(NC(=O)c3sc(CC(C)C)nc3C)n2)o1. The van der Waals surface area contributed by atoms with E-state index < -0.39 is 0 Å². The van der Waals surface area contributed by atoms with Gasteiger partial charge in [-0.1, -0.05) is 13.8 Å². The lowest BCUT2D eigenvalue weighted by atomic mass is 10.1. The van der Waals surface area contributed by atoms with Gasteiger partial charge in [-0.2, -0.15) is 0 Å². The molecule has 3 aromatic rings. The van der Waals surface area contributed by atoms with Gasteiger partial charge >= 0.3 is 0 Å². The first-order valence-electron chi connectivity index (χ1n) is 8.88. The molecule has 0 saturated heterocycles. The number of anilines is 1. The maximum atomic E-state index is 12.6. The predicted molar refractivity (Wildman–Crippen MR) is 111 cm³/mol. The number of rotatable bonds is 7. The number of nitrogens with zero attached hydrogens (tertiary/aromatic N) is 2. The van der Waals surface area contributed by atoms with Gasteiger partial charge in [0.15, 0.2) is 10.9 Å². The predicted octanol–water partition coefficient (Wildman–Crippen LogP) is 4.25. The molecule has 0 unspecified atom stereocenters. The van der Waals surface area contributed by atoms with Crippen molar-refractivity contribution >= 4 is 39.6 Å². The Kier molecular flexibility index (Phi) is 6.25. The van der Waals surface area contributed by atoms with Crippen LogP contribution in [0.25, 0.3) is 11.5 Å². The summed E-state index contributed by atoms with van der Waals surface area (Å²) in [4.78, 5) is 33.1. The summed E-state index contributed by atoms with van der Waals surface area (Å²) in [6, 6.07) is 3.59. The molecule has 0 radical (unpaired) electrons. The number of thiazole rings is 2. The van der Waals surface area contributed by atoms with Gasteiger partial charge in [-0.3, -0.25) is 14.9 Å². The van der Waals surface area contributed by atoms with Crippen molar-refractivity contribution < 1.29 is 14.0 Å². The average molecular weight is 419 g/mol. The number of hydrogen-bond donors (Lipinski definition) is 2. The molecule has 0 aromatic carbocycles. The van der Waals surface area contributed by atoms with Crippen LogP contribution in [0.3, 0.4) is 0 Å². The summed E-state index contributed by atoms with van der Waals surface area (Å²) in [5.41, 5.74) is 1.37. The zero-order valence-corrected chi connectivity index (χ0v) is 17.8. The molecular formula is C19H22N4O3S2. The van der Waals surface area contributed by atoms with E-state index in [1.54, 1.807) is 12.1 Å². The molecule has 7 nitrogen and oxygen atoms in total. The highest BCUT2D eigenvalue weighted by Crippen LogP contribution is 2.28. The molecule has 148 valence electrons. The van der Waals surface area contributed by atoms with E-state index >= 15 is 0 Å². The van der Waals surface area contributed by atoms with Crippen molar-refractivity contribution in [3.8, 4) is 11.5 Å². The van der Waals surface area contributed by atoms with Crippen LogP contribution < -0.4 is 10.6 Å². The minimum atomic E-state index is -0.198. The lowest BCUT2D eigenvalue weighted by Gasteiger charge is -1.99. The minimum absolute atomic E-state index is 0.119. The highest BCUT2D eigenvalue weighted by Gasteiger charge is 2.18. The first-order chi connectivity index (χ1) is 13.3. The average Bonchev–Trinajstić information content (AvgIpc) is 3.32. The molecule has 3 heterocycles. The van der Waals surface area contributed by atoms with Gasteiger partial charge in [-0.25, -0.2) is 9.97 Å². The second-order valence-electron chi connectivity index (χ2n) is 6.79. The molecule has 0 spiro atoms. The second-order valence-corrected chi connectivity index (χ2v) is 8.73. The van der Waals surface area contributed by atoms with Gasteiger partial charge in [-0.05, 0) is 25.0 Å². The van der Waals surface area contributed by atoms with Crippen molar-refractivity contribution in [2.24, 2.45) is 5.92 Å². The number of aryl methyl sites for hydroxylation is 1. The molecule has 0 aliphatic rings. The van der Waals surface area contributed by atoms with E-state index in [4.69, 9.17) is 4.42 Å². The molecule has 2 N–H and O–H groups in total. The lowest BCUT2D eigenvalue weighted by molar-refractivity contribution is -0.119. The fraction of sp³-hybridized carbons (Fsp3) is 0.368. The fourth-order valence-corrected chi connectivity index (χ4v) is 4.39. The topological polar surface area (TPSA) is 97.1 Å².